The molecular formula is C6H13N3O4S. The van der Waals surface area contributed by atoms with Crippen LogP contribution in [0.25, 0.3) is 0 Å². The Morgan fingerprint density at radius 2 is 2.07 bits per heavy atom. The molecule has 0 aromatic rings. The van der Waals surface area contributed by atoms with Gasteiger partial charge in [0.05, 0.1) is 12.8 Å². The highest BCUT2D eigenvalue weighted by Crippen LogP contribution is 1.97. The third-order valence-electron chi connectivity index (χ3n) is 1.33. The highest BCUT2D eigenvalue weighted by Gasteiger charge is 2.22. The molecule has 0 radical (unpaired) electrons. The maximum Gasteiger partial charge on any atom is 0.184 e. The number of hydrazone groups is 1. The lowest BCUT2D eigenvalue weighted by molar-refractivity contribution is -0.0542. The van der Waals surface area contributed by atoms with Crippen molar-refractivity contribution in [2.75, 3.05) is 6.61 Å². The van der Waals surface area contributed by atoms with Crippen LogP contribution in [0, 0.1) is 0 Å². The molecule has 0 heterocycles. The average molecular weight is 223 g/mol. The highest BCUT2D eigenvalue weighted by molar-refractivity contribution is 7.80. The van der Waals surface area contributed by atoms with Crippen molar-refractivity contribution in [3.8, 4) is 0 Å². The number of thiocarbonyl (C=S) groups is 1. The number of rotatable bonds is 5. The van der Waals surface area contributed by atoms with Crippen LogP contribution < -0.4 is 11.2 Å². The van der Waals surface area contributed by atoms with Gasteiger partial charge in [-0.3, -0.25) is 5.43 Å². The summed E-state index contributed by atoms with van der Waals surface area (Å²) in [7, 11) is 0. The lowest BCUT2D eigenvalue weighted by Crippen LogP contribution is -2.40. The van der Waals surface area contributed by atoms with Gasteiger partial charge >= 0.3 is 0 Å². The van der Waals surface area contributed by atoms with Crippen molar-refractivity contribution >= 4 is 23.5 Å². The molecule has 0 rings (SSSR count). The number of aliphatic hydroxyl groups excluding tert-OH is 4. The lowest BCUT2D eigenvalue weighted by atomic mass is 10.1. The largest absolute Gasteiger partial charge is 0.394 e. The first-order valence-electron chi connectivity index (χ1n) is 3.72. The zero-order valence-corrected chi connectivity index (χ0v) is 8.05. The number of aliphatic hydroxyl groups is 4. The summed E-state index contributed by atoms with van der Waals surface area (Å²) >= 11 is 4.41. The van der Waals surface area contributed by atoms with Crippen molar-refractivity contribution in [3.05, 3.63) is 0 Å². The smallest absolute Gasteiger partial charge is 0.184 e. The molecule has 3 atom stereocenters. The van der Waals surface area contributed by atoms with Gasteiger partial charge in [-0.15, -0.1) is 0 Å². The summed E-state index contributed by atoms with van der Waals surface area (Å²) in [6.45, 7) is -0.658. The molecule has 0 aliphatic rings. The van der Waals surface area contributed by atoms with E-state index in [9.17, 15) is 0 Å². The number of nitrogens with two attached hydrogens (primary N) is 1. The van der Waals surface area contributed by atoms with E-state index in [4.69, 9.17) is 26.2 Å². The van der Waals surface area contributed by atoms with Gasteiger partial charge in [-0.25, -0.2) is 0 Å². The van der Waals surface area contributed by atoms with Gasteiger partial charge in [0.1, 0.15) is 18.3 Å². The van der Waals surface area contributed by atoms with Gasteiger partial charge < -0.3 is 26.2 Å². The summed E-state index contributed by atoms with van der Waals surface area (Å²) in [4.78, 5) is 0. The highest BCUT2D eigenvalue weighted by atomic mass is 32.1. The van der Waals surface area contributed by atoms with E-state index in [1.54, 1.807) is 0 Å². The SMILES string of the molecule is NC(=S)N/N=C\[C@H](O)[C@H](O)[C@@H](O)CO. The minimum absolute atomic E-state index is 0.0920. The number of nitrogens with one attached hydrogen (secondary N) is 1. The topological polar surface area (TPSA) is 131 Å². The molecule has 14 heavy (non-hydrogen) atoms. The Labute approximate surface area is 85.9 Å². The van der Waals surface area contributed by atoms with E-state index >= 15 is 0 Å². The van der Waals surface area contributed by atoms with E-state index in [-0.39, 0.29) is 5.11 Å². The Balaban J connectivity index is 3.99. The van der Waals surface area contributed by atoms with E-state index in [0.29, 0.717) is 0 Å². The number of nitrogens with zero attached hydrogens (tertiary/aromatic N) is 1. The van der Waals surface area contributed by atoms with E-state index in [1.807, 2.05) is 0 Å². The van der Waals surface area contributed by atoms with Crippen molar-refractivity contribution in [2.24, 2.45) is 10.8 Å². The van der Waals surface area contributed by atoms with Crippen molar-refractivity contribution < 1.29 is 20.4 Å². The quantitative estimate of drug-likeness (QED) is 0.165. The Morgan fingerprint density at radius 3 is 2.50 bits per heavy atom. The van der Waals surface area contributed by atoms with Gasteiger partial charge in [0.15, 0.2) is 5.11 Å². The fraction of sp³-hybridized carbons (Fsp3) is 0.667. The third-order valence-corrected chi connectivity index (χ3v) is 1.42. The summed E-state index contributed by atoms with van der Waals surface area (Å²) in [6.07, 6.45) is -3.46. The minimum atomic E-state index is -1.52. The van der Waals surface area contributed by atoms with Crippen LogP contribution >= 0.6 is 12.2 Å². The average Bonchev–Trinajstić information content (AvgIpc) is 2.14. The van der Waals surface area contributed by atoms with Gasteiger partial charge in [-0.2, -0.15) is 5.10 Å². The molecule has 8 heteroatoms. The third kappa shape index (κ3) is 5.04. The molecule has 0 fully saturated rings. The van der Waals surface area contributed by atoms with E-state index in [0.717, 1.165) is 6.21 Å². The number of hydrogen-bond acceptors (Lipinski definition) is 6. The van der Waals surface area contributed by atoms with Crippen molar-refractivity contribution in [1.82, 2.24) is 5.43 Å². The zero-order chi connectivity index (χ0) is 11.1. The Morgan fingerprint density at radius 1 is 1.50 bits per heavy atom. The standard InChI is InChI=1S/C6H13N3O4S/c7-6(14)9-8-1-3(11)5(13)4(12)2-10/h1,3-5,10-13H,2H2,(H3,7,9,14)/b8-1-/t3-,4-,5-/m0/s1. The van der Waals surface area contributed by atoms with Crippen LogP contribution in [-0.2, 0) is 0 Å². The van der Waals surface area contributed by atoms with Crippen LogP contribution in [0.15, 0.2) is 5.10 Å². The van der Waals surface area contributed by atoms with Gasteiger partial charge in [-0.05, 0) is 12.2 Å². The maximum absolute atomic E-state index is 9.14. The van der Waals surface area contributed by atoms with Crippen molar-refractivity contribution in [1.29, 1.82) is 0 Å². The van der Waals surface area contributed by atoms with Crippen molar-refractivity contribution in [2.45, 2.75) is 18.3 Å². The molecule has 0 aliphatic carbocycles. The Bertz CT molecular complexity index is 213. The fourth-order valence-electron chi connectivity index (χ4n) is 0.601. The predicted molar refractivity (Wildman–Crippen MR) is 53.5 cm³/mol. The summed E-state index contributed by atoms with van der Waals surface area (Å²) < 4.78 is 0. The van der Waals surface area contributed by atoms with Crippen LogP contribution in [0.3, 0.4) is 0 Å². The second-order valence-corrected chi connectivity index (χ2v) is 2.93. The van der Waals surface area contributed by atoms with E-state index in [1.165, 1.54) is 0 Å². The first-order valence-corrected chi connectivity index (χ1v) is 4.13. The van der Waals surface area contributed by atoms with E-state index in [2.05, 4.69) is 22.7 Å². The summed E-state index contributed by atoms with van der Waals surface area (Å²) in [6, 6.07) is 0. The number of hydrogen-bond donors (Lipinski definition) is 6. The molecule has 0 saturated carbocycles. The normalized spacial score (nSPS) is 17.7. The fourth-order valence-corrected chi connectivity index (χ4v) is 0.654. The molecule has 0 aromatic carbocycles. The van der Waals surface area contributed by atoms with Gasteiger partial charge in [0.25, 0.3) is 0 Å². The molecule has 0 unspecified atom stereocenters. The molecule has 0 aromatic heterocycles. The molecule has 82 valence electrons. The summed E-state index contributed by atoms with van der Waals surface area (Å²) in [5.41, 5.74) is 7.17. The molecule has 0 amide bonds. The molecule has 7 N–H and O–H groups in total. The van der Waals surface area contributed by atoms with Crippen LogP contribution in [0.2, 0.25) is 0 Å². The molecule has 0 saturated heterocycles. The van der Waals surface area contributed by atoms with Gasteiger partial charge in [0, 0.05) is 0 Å². The Kier molecular flexibility index (Phi) is 6.25. The first kappa shape index (κ1) is 13.2. The zero-order valence-electron chi connectivity index (χ0n) is 7.24. The van der Waals surface area contributed by atoms with Gasteiger partial charge in [-0.1, -0.05) is 0 Å². The van der Waals surface area contributed by atoms with Crippen LogP contribution in [0.5, 0.6) is 0 Å². The maximum atomic E-state index is 9.14. The second kappa shape index (κ2) is 6.62. The molecular weight excluding hydrogens is 210 g/mol. The Hall–Kier alpha value is -0.800. The van der Waals surface area contributed by atoms with E-state index < -0.39 is 24.9 Å². The van der Waals surface area contributed by atoms with Crippen LogP contribution in [0.4, 0.5) is 0 Å². The second-order valence-electron chi connectivity index (χ2n) is 2.49. The molecule has 0 bridgehead atoms. The minimum Gasteiger partial charge on any atom is -0.394 e. The summed E-state index contributed by atoms with van der Waals surface area (Å²) in [5.74, 6) is 0. The van der Waals surface area contributed by atoms with Crippen LogP contribution in [0.1, 0.15) is 0 Å². The first-order chi connectivity index (χ1) is 6.49. The predicted octanol–water partition coefficient (Wildman–Crippen LogP) is -3.12. The molecule has 7 nitrogen and oxygen atoms in total. The monoisotopic (exact) mass is 223 g/mol. The van der Waals surface area contributed by atoms with Crippen molar-refractivity contribution in [3.63, 3.8) is 0 Å². The molecule has 0 aliphatic heterocycles. The molecule has 0 spiro atoms. The van der Waals surface area contributed by atoms with Gasteiger partial charge in [0.2, 0.25) is 0 Å². The van der Waals surface area contributed by atoms with Crippen LogP contribution in [-0.4, -0.2) is 56.7 Å². The summed E-state index contributed by atoms with van der Waals surface area (Å²) in [5, 5.41) is 38.9. The lowest BCUT2D eigenvalue weighted by Gasteiger charge is -2.17.